The number of halogens is 2. The Kier molecular flexibility index (Phi) is 7.22. The van der Waals surface area contributed by atoms with E-state index in [2.05, 4.69) is 24.8 Å². The van der Waals surface area contributed by atoms with Gasteiger partial charge in [0, 0.05) is 12.9 Å². The van der Waals surface area contributed by atoms with E-state index in [1.54, 1.807) is 24.4 Å². The summed E-state index contributed by atoms with van der Waals surface area (Å²) < 4.78 is 36.3. The molecule has 1 aliphatic rings. The van der Waals surface area contributed by atoms with Gasteiger partial charge in [0.1, 0.15) is 42.2 Å². The van der Waals surface area contributed by atoms with Crippen LogP contribution in [-0.4, -0.2) is 61.2 Å². The number of aromatic nitrogens is 3. The quantitative estimate of drug-likeness (QED) is 0.152. The summed E-state index contributed by atoms with van der Waals surface area (Å²) in [6, 6.07) is 7.51. The minimum absolute atomic E-state index is 0.0793. The standard InChI is InChI=1S/C20H23ClFN4O7P/c1-10(11-4-3-5-12(22)8-11)23-17-13-6-7-26(18(13)25-20(21)24-17)19-16(28)15(27)14(32-19)9-31-33-34(2,29)30/h3-8,10,14-16,19,27-28H,9H2,1-2H3,(H,29,30)(H,23,24,25)/t10?,14-,15-,16-,19-/m1/s1. The van der Waals surface area contributed by atoms with Crippen molar-refractivity contribution in [2.75, 3.05) is 18.6 Å². The van der Waals surface area contributed by atoms with Crippen molar-refractivity contribution in [1.82, 2.24) is 14.5 Å². The van der Waals surface area contributed by atoms with Gasteiger partial charge in [-0.15, -0.1) is 4.67 Å². The number of aliphatic hydroxyl groups is 2. The summed E-state index contributed by atoms with van der Waals surface area (Å²) in [5, 5.41) is 24.6. The van der Waals surface area contributed by atoms with Gasteiger partial charge in [0.05, 0.1) is 11.4 Å². The van der Waals surface area contributed by atoms with E-state index in [1.165, 1.54) is 16.7 Å². The third kappa shape index (κ3) is 5.40. The summed E-state index contributed by atoms with van der Waals surface area (Å²) in [5.74, 6) is 0.0206. The van der Waals surface area contributed by atoms with Gasteiger partial charge in [0.2, 0.25) is 5.28 Å². The first-order valence-corrected chi connectivity index (χ1v) is 12.6. The molecule has 3 aromatic rings. The summed E-state index contributed by atoms with van der Waals surface area (Å²) in [4.78, 5) is 22.3. The van der Waals surface area contributed by atoms with Crippen LogP contribution >= 0.6 is 19.2 Å². The first-order chi connectivity index (χ1) is 16.0. The van der Waals surface area contributed by atoms with Crippen LogP contribution in [0.1, 0.15) is 24.8 Å². The maximum absolute atomic E-state index is 13.6. The summed E-state index contributed by atoms with van der Waals surface area (Å²) in [6.07, 6.45) is -3.27. The zero-order valence-electron chi connectivity index (χ0n) is 18.1. The molecule has 0 radical (unpaired) electrons. The minimum atomic E-state index is -3.89. The van der Waals surface area contributed by atoms with Crippen molar-refractivity contribution >= 4 is 36.0 Å². The molecule has 1 fully saturated rings. The number of nitrogens with zero attached hydrogens (tertiary/aromatic N) is 3. The van der Waals surface area contributed by atoms with Crippen molar-refractivity contribution in [2.45, 2.75) is 37.5 Å². The number of hydrogen-bond donors (Lipinski definition) is 4. The van der Waals surface area contributed by atoms with Crippen LogP contribution in [0.5, 0.6) is 0 Å². The summed E-state index contributed by atoms with van der Waals surface area (Å²) in [5.41, 5.74) is 1.01. The Labute approximate surface area is 198 Å². The van der Waals surface area contributed by atoms with Gasteiger partial charge in [-0.1, -0.05) is 12.1 Å². The van der Waals surface area contributed by atoms with Gasteiger partial charge in [0.25, 0.3) is 0 Å². The number of aliphatic hydroxyl groups excluding tert-OH is 2. The molecule has 4 N–H and O–H groups in total. The fourth-order valence-corrected chi connectivity index (χ4v) is 4.10. The van der Waals surface area contributed by atoms with Crippen LogP contribution in [0.15, 0.2) is 36.5 Å². The van der Waals surface area contributed by atoms with Crippen LogP contribution < -0.4 is 5.32 Å². The molecular weight excluding hydrogens is 494 g/mol. The Bertz CT molecular complexity index is 1220. The number of anilines is 1. The number of benzene rings is 1. The van der Waals surface area contributed by atoms with Gasteiger partial charge in [-0.25, -0.2) is 14.3 Å². The van der Waals surface area contributed by atoms with Crippen LogP contribution in [0.2, 0.25) is 5.28 Å². The molecule has 1 saturated heterocycles. The van der Waals surface area contributed by atoms with Crippen LogP contribution in [-0.2, 0) is 18.9 Å². The fraction of sp³-hybridized carbons (Fsp3) is 0.400. The molecule has 14 heteroatoms. The Morgan fingerprint density at radius 1 is 1.32 bits per heavy atom. The molecule has 4 rings (SSSR count). The fourth-order valence-electron chi connectivity index (χ4n) is 3.68. The van der Waals surface area contributed by atoms with E-state index in [0.29, 0.717) is 22.4 Å². The van der Waals surface area contributed by atoms with Crippen molar-refractivity contribution in [3.05, 3.63) is 53.2 Å². The first-order valence-electron chi connectivity index (χ1n) is 10.2. The van der Waals surface area contributed by atoms with E-state index in [-0.39, 0.29) is 17.1 Å². The second-order valence-electron chi connectivity index (χ2n) is 7.93. The lowest BCUT2D eigenvalue weighted by Gasteiger charge is -2.19. The molecule has 0 spiro atoms. The summed E-state index contributed by atoms with van der Waals surface area (Å²) in [6.45, 7) is 2.37. The van der Waals surface area contributed by atoms with Crippen molar-refractivity contribution < 1.29 is 38.4 Å². The van der Waals surface area contributed by atoms with Gasteiger partial charge in [0.15, 0.2) is 6.23 Å². The number of ether oxygens (including phenoxy) is 1. The summed E-state index contributed by atoms with van der Waals surface area (Å²) >= 11 is 6.14. The van der Waals surface area contributed by atoms with Gasteiger partial charge in [-0.3, -0.25) is 4.57 Å². The largest absolute Gasteiger partial charge is 0.387 e. The van der Waals surface area contributed by atoms with Crippen molar-refractivity contribution in [1.29, 1.82) is 0 Å². The van der Waals surface area contributed by atoms with Crippen molar-refractivity contribution in [3.8, 4) is 0 Å². The average Bonchev–Trinajstić information content (AvgIpc) is 3.29. The van der Waals surface area contributed by atoms with Crippen molar-refractivity contribution in [2.24, 2.45) is 0 Å². The molecule has 2 aromatic heterocycles. The summed E-state index contributed by atoms with van der Waals surface area (Å²) in [7, 11) is -3.89. The third-order valence-corrected chi connectivity index (χ3v) is 5.83. The number of nitrogens with one attached hydrogen (secondary N) is 1. The first kappa shape index (κ1) is 25.0. The Hall–Kier alpha value is -2.15. The van der Waals surface area contributed by atoms with E-state index in [4.69, 9.17) is 21.2 Å². The van der Waals surface area contributed by atoms with E-state index >= 15 is 0 Å². The van der Waals surface area contributed by atoms with E-state index < -0.39 is 38.7 Å². The average molecular weight is 517 g/mol. The molecule has 1 aliphatic heterocycles. The SMILES string of the molecule is CC(Nc1nc(Cl)nc2c1ccn2[C@@H]1O[C@H](COOP(C)(=O)O)[C@@H](O)[C@H]1O)c1cccc(F)c1. The highest BCUT2D eigenvalue weighted by atomic mass is 35.5. The molecule has 3 heterocycles. The normalized spacial score (nSPS) is 25.4. The molecule has 0 aliphatic carbocycles. The topological polar surface area (TPSA) is 148 Å². The molecule has 184 valence electrons. The van der Waals surface area contributed by atoms with Crippen LogP contribution in [0.25, 0.3) is 11.0 Å². The highest BCUT2D eigenvalue weighted by molar-refractivity contribution is 7.51. The molecule has 0 bridgehead atoms. The van der Waals surface area contributed by atoms with Gasteiger partial charge in [-0.05, 0) is 42.3 Å². The van der Waals surface area contributed by atoms with Crippen LogP contribution in [0.4, 0.5) is 10.2 Å². The molecule has 0 amide bonds. The highest BCUT2D eigenvalue weighted by Crippen LogP contribution is 2.38. The second kappa shape index (κ2) is 9.84. The van der Waals surface area contributed by atoms with Gasteiger partial charge < -0.3 is 29.7 Å². The molecule has 11 nitrogen and oxygen atoms in total. The minimum Gasteiger partial charge on any atom is -0.387 e. The zero-order valence-corrected chi connectivity index (χ0v) is 19.7. The second-order valence-corrected chi connectivity index (χ2v) is 10.0. The monoisotopic (exact) mass is 516 g/mol. The molecule has 0 saturated carbocycles. The van der Waals surface area contributed by atoms with Gasteiger partial charge >= 0.3 is 7.60 Å². The Morgan fingerprint density at radius 3 is 2.79 bits per heavy atom. The lowest BCUT2D eigenvalue weighted by atomic mass is 10.1. The Balaban J connectivity index is 1.57. The Morgan fingerprint density at radius 2 is 2.09 bits per heavy atom. The van der Waals surface area contributed by atoms with E-state index in [1.807, 2.05) is 6.92 Å². The lowest BCUT2D eigenvalue weighted by Crippen LogP contribution is -2.33. The zero-order chi connectivity index (χ0) is 24.6. The predicted molar refractivity (Wildman–Crippen MR) is 120 cm³/mol. The van der Waals surface area contributed by atoms with Crippen LogP contribution in [0, 0.1) is 5.82 Å². The lowest BCUT2D eigenvalue weighted by molar-refractivity contribution is -0.238. The third-order valence-electron chi connectivity index (χ3n) is 5.28. The van der Waals surface area contributed by atoms with Crippen LogP contribution in [0.3, 0.4) is 0 Å². The molecule has 2 unspecified atom stereocenters. The molecule has 6 atom stereocenters. The highest BCUT2D eigenvalue weighted by Gasteiger charge is 2.44. The number of hydrogen-bond acceptors (Lipinski definition) is 9. The molecular formula is C20H23ClFN4O7P. The molecule has 1 aromatic carbocycles. The smallest absolute Gasteiger partial charge is 0.352 e. The maximum Gasteiger partial charge on any atom is 0.352 e. The number of fused-ring (bicyclic) bond motifs is 1. The predicted octanol–water partition coefficient (Wildman–Crippen LogP) is 2.78. The molecule has 34 heavy (non-hydrogen) atoms. The van der Waals surface area contributed by atoms with Gasteiger partial charge in [-0.2, -0.15) is 4.98 Å². The van der Waals surface area contributed by atoms with E-state index in [0.717, 1.165) is 6.66 Å². The maximum atomic E-state index is 13.6. The van der Waals surface area contributed by atoms with Crippen molar-refractivity contribution in [3.63, 3.8) is 0 Å². The van der Waals surface area contributed by atoms with E-state index in [9.17, 15) is 19.2 Å². The number of rotatable bonds is 8.